The molecule has 0 aliphatic rings. The molecule has 3 nitrogen and oxygen atoms in total. The van der Waals surface area contributed by atoms with Crippen molar-refractivity contribution in [1.82, 2.24) is 9.78 Å². The van der Waals surface area contributed by atoms with Crippen LogP contribution in [0.1, 0.15) is 49.9 Å². The minimum atomic E-state index is -0.00336. The molecule has 0 saturated heterocycles. The van der Waals surface area contributed by atoms with Crippen molar-refractivity contribution in [3.8, 4) is 0 Å². The first-order valence-electron chi connectivity index (χ1n) is 7.12. The smallest absolute Gasteiger partial charge is 0.0815 e. The van der Waals surface area contributed by atoms with E-state index in [1.165, 1.54) is 0 Å². The Labute approximate surface area is 126 Å². The molecule has 2 rings (SSSR count). The first-order valence-corrected chi connectivity index (χ1v) is 7.56. The lowest BCUT2D eigenvalue weighted by Crippen LogP contribution is -2.07. The maximum absolute atomic E-state index is 6.19. The zero-order chi connectivity index (χ0) is 14.5. The molecule has 0 saturated carbocycles. The third-order valence-corrected chi connectivity index (χ3v) is 3.79. The molecule has 4 heteroatoms. The van der Waals surface area contributed by atoms with Crippen molar-refractivity contribution in [3.05, 3.63) is 47.8 Å². The molecular weight excluding hydrogens is 270 g/mol. The minimum absolute atomic E-state index is 0.00336. The van der Waals surface area contributed by atoms with Gasteiger partial charge >= 0.3 is 0 Å². The Hall–Kier alpha value is -1.48. The van der Waals surface area contributed by atoms with Gasteiger partial charge in [-0.15, -0.1) is 11.6 Å². The molecule has 1 aromatic heterocycles. The van der Waals surface area contributed by atoms with Crippen LogP contribution in [0.3, 0.4) is 0 Å². The van der Waals surface area contributed by atoms with E-state index in [1.807, 2.05) is 29.9 Å². The summed E-state index contributed by atoms with van der Waals surface area (Å²) >= 11 is 6.19. The standard InChI is InChI=1S/C16H22ClN3/c1-4-12(2)20-10-9-14(19-20)11-18-16-8-6-5-7-15(16)13(3)17/h5-10,12-13,18H,4,11H2,1-3H3. The van der Waals surface area contributed by atoms with Gasteiger partial charge < -0.3 is 5.32 Å². The Kier molecular flexibility index (Phi) is 5.07. The normalized spacial score (nSPS) is 14.0. The van der Waals surface area contributed by atoms with Crippen LogP contribution in [0, 0.1) is 0 Å². The van der Waals surface area contributed by atoms with Crippen LogP contribution in [0.5, 0.6) is 0 Å². The summed E-state index contributed by atoms with van der Waals surface area (Å²) in [6, 6.07) is 10.6. The highest BCUT2D eigenvalue weighted by Crippen LogP contribution is 2.27. The van der Waals surface area contributed by atoms with Crippen LogP contribution in [0.4, 0.5) is 5.69 Å². The number of nitrogens with zero attached hydrogens (tertiary/aromatic N) is 2. The fourth-order valence-electron chi connectivity index (χ4n) is 2.09. The first-order chi connectivity index (χ1) is 9.61. The number of hydrogen-bond donors (Lipinski definition) is 1. The second kappa shape index (κ2) is 6.80. The van der Waals surface area contributed by atoms with Gasteiger partial charge in [-0.1, -0.05) is 25.1 Å². The van der Waals surface area contributed by atoms with Crippen LogP contribution in [-0.2, 0) is 6.54 Å². The maximum Gasteiger partial charge on any atom is 0.0815 e. The van der Waals surface area contributed by atoms with Crippen molar-refractivity contribution in [3.63, 3.8) is 0 Å². The fraction of sp³-hybridized carbons (Fsp3) is 0.438. The second-order valence-electron chi connectivity index (χ2n) is 5.10. The van der Waals surface area contributed by atoms with Crippen LogP contribution in [0.2, 0.25) is 0 Å². The Balaban J connectivity index is 2.04. The number of benzene rings is 1. The predicted molar refractivity (Wildman–Crippen MR) is 85.3 cm³/mol. The fourth-order valence-corrected chi connectivity index (χ4v) is 2.29. The van der Waals surface area contributed by atoms with Gasteiger partial charge in [0.1, 0.15) is 0 Å². The van der Waals surface area contributed by atoms with Gasteiger partial charge in [-0.3, -0.25) is 4.68 Å². The topological polar surface area (TPSA) is 29.9 Å². The van der Waals surface area contributed by atoms with E-state index >= 15 is 0 Å². The Bertz CT molecular complexity index is 548. The van der Waals surface area contributed by atoms with E-state index in [4.69, 9.17) is 11.6 Å². The van der Waals surface area contributed by atoms with E-state index in [0.717, 1.165) is 23.4 Å². The summed E-state index contributed by atoms with van der Waals surface area (Å²) in [6.45, 7) is 7.04. The molecule has 2 atom stereocenters. The summed E-state index contributed by atoms with van der Waals surface area (Å²) in [5, 5.41) is 8.01. The molecule has 0 bridgehead atoms. The molecule has 1 aromatic carbocycles. The van der Waals surface area contributed by atoms with Crippen LogP contribution in [-0.4, -0.2) is 9.78 Å². The predicted octanol–water partition coefficient (Wildman–Crippen LogP) is 4.77. The first kappa shape index (κ1) is 14.9. The highest BCUT2D eigenvalue weighted by Gasteiger charge is 2.08. The number of halogens is 1. The molecule has 0 amide bonds. The second-order valence-corrected chi connectivity index (χ2v) is 5.76. The van der Waals surface area contributed by atoms with Crippen molar-refractivity contribution in [2.24, 2.45) is 0 Å². The monoisotopic (exact) mass is 291 g/mol. The van der Waals surface area contributed by atoms with Gasteiger partial charge in [0.15, 0.2) is 0 Å². The molecule has 0 aliphatic heterocycles. The molecule has 108 valence electrons. The van der Waals surface area contributed by atoms with Crippen LogP contribution in [0.15, 0.2) is 36.5 Å². The van der Waals surface area contributed by atoms with Crippen molar-refractivity contribution >= 4 is 17.3 Å². The highest BCUT2D eigenvalue weighted by molar-refractivity contribution is 6.21. The number of alkyl halides is 1. The van der Waals surface area contributed by atoms with E-state index in [0.29, 0.717) is 12.6 Å². The van der Waals surface area contributed by atoms with E-state index in [9.17, 15) is 0 Å². The summed E-state index contributed by atoms with van der Waals surface area (Å²) in [7, 11) is 0. The van der Waals surface area contributed by atoms with Crippen LogP contribution in [0.25, 0.3) is 0 Å². The van der Waals surface area contributed by atoms with Gasteiger partial charge in [-0.05, 0) is 38.0 Å². The van der Waals surface area contributed by atoms with Crippen molar-refractivity contribution in [2.45, 2.75) is 45.2 Å². The van der Waals surface area contributed by atoms with Gasteiger partial charge in [0.2, 0.25) is 0 Å². The van der Waals surface area contributed by atoms with Crippen molar-refractivity contribution in [1.29, 1.82) is 0 Å². The number of hydrogen-bond acceptors (Lipinski definition) is 2. The maximum atomic E-state index is 6.19. The van der Waals surface area contributed by atoms with E-state index in [2.05, 4.69) is 42.5 Å². The molecule has 0 fully saturated rings. The molecule has 0 spiro atoms. The lowest BCUT2D eigenvalue weighted by Gasteiger charge is -2.13. The van der Waals surface area contributed by atoms with E-state index in [-0.39, 0.29) is 5.38 Å². The lowest BCUT2D eigenvalue weighted by molar-refractivity contribution is 0.474. The third kappa shape index (κ3) is 3.54. The van der Waals surface area contributed by atoms with Crippen LogP contribution < -0.4 is 5.32 Å². The Morgan fingerprint density at radius 1 is 1.25 bits per heavy atom. The summed E-state index contributed by atoms with van der Waals surface area (Å²) in [4.78, 5) is 0. The zero-order valence-corrected chi connectivity index (χ0v) is 13.1. The average molecular weight is 292 g/mol. The molecule has 1 N–H and O–H groups in total. The molecule has 0 aliphatic carbocycles. The highest BCUT2D eigenvalue weighted by atomic mass is 35.5. The van der Waals surface area contributed by atoms with Gasteiger partial charge in [0, 0.05) is 17.9 Å². The molecule has 1 heterocycles. The summed E-state index contributed by atoms with van der Waals surface area (Å²) in [5.41, 5.74) is 3.24. The van der Waals surface area contributed by atoms with Crippen LogP contribution >= 0.6 is 11.6 Å². The van der Waals surface area contributed by atoms with Crippen molar-refractivity contribution in [2.75, 3.05) is 5.32 Å². The molecule has 0 radical (unpaired) electrons. The molecule has 2 unspecified atom stereocenters. The van der Waals surface area contributed by atoms with E-state index in [1.54, 1.807) is 0 Å². The number of anilines is 1. The quantitative estimate of drug-likeness (QED) is 0.777. The van der Waals surface area contributed by atoms with Gasteiger partial charge in [-0.2, -0.15) is 5.10 Å². The average Bonchev–Trinajstić information content (AvgIpc) is 2.93. The summed E-state index contributed by atoms with van der Waals surface area (Å²) in [6.07, 6.45) is 3.13. The Morgan fingerprint density at radius 3 is 2.70 bits per heavy atom. The molecule has 2 aromatic rings. The number of nitrogens with one attached hydrogen (secondary N) is 1. The lowest BCUT2D eigenvalue weighted by atomic mass is 10.1. The Morgan fingerprint density at radius 2 is 2.00 bits per heavy atom. The summed E-state index contributed by atoms with van der Waals surface area (Å²) < 4.78 is 2.02. The number of rotatable bonds is 6. The number of aromatic nitrogens is 2. The van der Waals surface area contributed by atoms with Crippen molar-refractivity contribution < 1.29 is 0 Å². The number of para-hydroxylation sites is 1. The SMILES string of the molecule is CCC(C)n1ccc(CNc2ccccc2C(C)Cl)n1. The summed E-state index contributed by atoms with van der Waals surface area (Å²) in [5.74, 6) is 0. The van der Waals surface area contributed by atoms with Gasteiger partial charge in [0.25, 0.3) is 0 Å². The third-order valence-electron chi connectivity index (χ3n) is 3.56. The molecular formula is C16H22ClN3. The molecule has 20 heavy (non-hydrogen) atoms. The van der Waals surface area contributed by atoms with Gasteiger partial charge in [0.05, 0.1) is 17.6 Å². The zero-order valence-electron chi connectivity index (χ0n) is 12.3. The largest absolute Gasteiger partial charge is 0.379 e. The van der Waals surface area contributed by atoms with Gasteiger partial charge in [-0.25, -0.2) is 0 Å². The van der Waals surface area contributed by atoms with E-state index < -0.39 is 0 Å². The minimum Gasteiger partial charge on any atom is -0.379 e.